The molecule has 2 rings (SSSR count). The summed E-state index contributed by atoms with van der Waals surface area (Å²) < 4.78 is 12.5. The average Bonchev–Trinajstić information content (AvgIpc) is 2.48. The van der Waals surface area contributed by atoms with Gasteiger partial charge in [-0.2, -0.15) is 0 Å². The Kier molecular flexibility index (Phi) is 6.33. The van der Waals surface area contributed by atoms with Crippen LogP contribution in [-0.2, 0) is 4.74 Å². The Morgan fingerprint density at radius 3 is 2.50 bits per heavy atom. The minimum atomic E-state index is 0.134. The van der Waals surface area contributed by atoms with Crippen molar-refractivity contribution >= 4 is 22.6 Å². The Bertz CT molecular complexity index is 513. The summed E-state index contributed by atoms with van der Waals surface area (Å²) in [6.07, 6.45) is 0.134. The van der Waals surface area contributed by atoms with Crippen LogP contribution in [0, 0.1) is 6.92 Å². The highest BCUT2D eigenvalue weighted by molar-refractivity contribution is 14.1. The van der Waals surface area contributed by atoms with Gasteiger partial charge < -0.3 is 9.47 Å². The van der Waals surface area contributed by atoms with Gasteiger partial charge in [-0.15, -0.1) is 0 Å². The first kappa shape index (κ1) is 15.3. The molecule has 2 aromatic rings. The third-order valence-electron chi connectivity index (χ3n) is 2.97. The number of alkyl halides is 1. The van der Waals surface area contributed by atoms with Gasteiger partial charge in [0.2, 0.25) is 0 Å². The molecule has 20 heavy (non-hydrogen) atoms. The predicted octanol–water partition coefficient (Wildman–Crippen LogP) is 4.57. The predicted molar refractivity (Wildman–Crippen MR) is 90.7 cm³/mol. The van der Waals surface area contributed by atoms with Gasteiger partial charge in [0.15, 0.2) is 0 Å². The standard InChI is InChI=1S/C17H19IO2/c1-14-6-5-7-15(12-14)17(13-18)20-11-10-19-16-8-3-2-4-9-16/h2-9,12,17H,10-11,13H2,1H3. The SMILES string of the molecule is Cc1cccc(C(CI)OCCOc2ccccc2)c1. The van der Waals surface area contributed by atoms with E-state index < -0.39 is 0 Å². The monoisotopic (exact) mass is 382 g/mol. The van der Waals surface area contributed by atoms with Crippen LogP contribution in [0.15, 0.2) is 54.6 Å². The van der Waals surface area contributed by atoms with Crippen molar-refractivity contribution in [3.05, 3.63) is 65.7 Å². The summed E-state index contributed by atoms with van der Waals surface area (Å²) in [5, 5.41) is 0. The van der Waals surface area contributed by atoms with E-state index in [0.29, 0.717) is 13.2 Å². The van der Waals surface area contributed by atoms with Crippen LogP contribution in [-0.4, -0.2) is 17.6 Å². The second kappa shape index (κ2) is 8.27. The molecule has 0 heterocycles. The van der Waals surface area contributed by atoms with Crippen molar-refractivity contribution in [3.63, 3.8) is 0 Å². The van der Waals surface area contributed by atoms with Crippen LogP contribution in [0.3, 0.4) is 0 Å². The third kappa shape index (κ3) is 4.80. The van der Waals surface area contributed by atoms with E-state index in [-0.39, 0.29) is 6.10 Å². The van der Waals surface area contributed by atoms with E-state index in [1.807, 2.05) is 30.3 Å². The number of para-hydroxylation sites is 1. The molecule has 0 aliphatic heterocycles. The lowest BCUT2D eigenvalue weighted by atomic mass is 10.1. The van der Waals surface area contributed by atoms with Crippen molar-refractivity contribution < 1.29 is 9.47 Å². The van der Waals surface area contributed by atoms with Gasteiger partial charge >= 0.3 is 0 Å². The Morgan fingerprint density at radius 1 is 1.00 bits per heavy atom. The normalized spacial score (nSPS) is 12.1. The molecule has 0 spiro atoms. The van der Waals surface area contributed by atoms with Crippen LogP contribution in [0.5, 0.6) is 5.75 Å². The molecule has 106 valence electrons. The highest BCUT2D eigenvalue weighted by Crippen LogP contribution is 2.21. The number of halogens is 1. The smallest absolute Gasteiger partial charge is 0.119 e. The molecule has 0 amide bonds. The zero-order valence-electron chi connectivity index (χ0n) is 11.6. The van der Waals surface area contributed by atoms with Crippen LogP contribution >= 0.6 is 22.6 Å². The van der Waals surface area contributed by atoms with E-state index in [4.69, 9.17) is 9.47 Å². The highest BCUT2D eigenvalue weighted by atomic mass is 127. The molecule has 1 atom stereocenters. The summed E-state index contributed by atoms with van der Waals surface area (Å²) in [5.74, 6) is 0.887. The van der Waals surface area contributed by atoms with Crippen LogP contribution in [0.2, 0.25) is 0 Å². The fourth-order valence-electron chi connectivity index (χ4n) is 1.97. The molecule has 0 bridgehead atoms. The molecular weight excluding hydrogens is 363 g/mol. The largest absolute Gasteiger partial charge is 0.491 e. The fraction of sp³-hybridized carbons (Fsp3) is 0.294. The second-order valence-electron chi connectivity index (χ2n) is 4.59. The van der Waals surface area contributed by atoms with Gasteiger partial charge in [0.05, 0.1) is 12.7 Å². The van der Waals surface area contributed by atoms with Crippen molar-refractivity contribution in [2.45, 2.75) is 13.0 Å². The van der Waals surface area contributed by atoms with Crippen molar-refractivity contribution in [1.82, 2.24) is 0 Å². The molecule has 0 saturated carbocycles. The van der Waals surface area contributed by atoms with E-state index >= 15 is 0 Å². The topological polar surface area (TPSA) is 18.5 Å². The summed E-state index contributed by atoms with van der Waals surface area (Å²) in [7, 11) is 0. The zero-order valence-corrected chi connectivity index (χ0v) is 13.7. The van der Waals surface area contributed by atoms with E-state index in [1.54, 1.807) is 0 Å². The number of ether oxygens (including phenoxy) is 2. The Labute approximate surface area is 134 Å². The van der Waals surface area contributed by atoms with Crippen LogP contribution in [0.1, 0.15) is 17.2 Å². The van der Waals surface area contributed by atoms with Crippen LogP contribution in [0.25, 0.3) is 0 Å². The number of rotatable bonds is 7. The summed E-state index contributed by atoms with van der Waals surface area (Å²) >= 11 is 2.36. The minimum Gasteiger partial charge on any atom is -0.491 e. The van der Waals surface area contributed by atoms with E-state index in [2.05, 4.69) is 53.8 Å². The molecule has 0 aliphatic rings. The molecular formula is C17H19IO2. The van der Waals surface area contributed by atoms with Gasteiger partial charge in [-0.25, -0.2) is 0 Å². The summed E-state index contributed by atoms with van der Waals surface area (Å²) in [6, 6.07) is 18.3. The number of aryl methyl sites for hydroxylation is 1. The number of benzene rings is 2. The molecule has 0 radical (unpaired) electrons. The molecule has 1 unspecified atom stereocenters. The lowest BCUT2D eigenvalue weighted by molar-refractivity contribution is 0.0483. The Balaban J connectivity index is 1.80. The summed E-state index contributed by atoms with van der Waals surface area (Å²) in [5.41, 5.74) is 2.50. The zero-order chi connectivity index (χ0) is 14.2. The Hall–Kier alpha value is -1.07. The molecule has 0 fully saturated rings. The number of hydrogen-bond acceptors (Lipinski definition) is 2. The van der Waals surface area contributed by atoms with Gasteiger partial charge in [0.25, 0.3) is 0 Å². The first-order valence-corrected chi connectivity index (χ1v) is 8.24. The molecule has 2 aromatic carbocycles. The first-order chi connectivity index (χ1) is 9.79. The van der Waals surface area contributed by atoms with Crippen molar-refractivity contribution in [2.75, 3.05) is 17.6 Å². The van der Waals surface area contributed by atoms with Gasteiger partial charge in [-0.05, 0) is 24.6 Å². The van der Waals surface area contributed by atoms with Gasteiger partial charge in [-0.3, -0.25) is 0 Å². The summed E-state index contributed by atoms with van der Waals surface area (Å²) in [6.45, 7) is 3.27. The molecule has 0 aliphatic carbocycles. The van der Waals surface area contributed by atoms with Crippen molar-refractivity contribution in [3.8, 4) is 5.75 Å². The van der Waals surface area contributed by atoms with Gasteiger partial charge in [0.1, 0.15) is 12.4 Å². The second-order valence-corrected chi connectivity index (χ2v) is 5.47. The van der Waals surface area contributed by atoms with Crippen molar-refractivity contribution in [1.29, 1.82) is 0 Å². The quantitative estimate of drug-likeness (QED) is 0.397. The maximum atomic E-state index is 5.92. The molecule has 0 saturated heterocycles. The fourth-order valence-corrected chi connectivity index (χ4v) is 2.73. The molecule has 2 nitrogen and oxygen atoms in total. The lowest BCUT2D eigenvalue weighted by Gasteiger charge is -2.16. The lowest BCUT2D eigenvalue weighted by Crippen LogP contribution is -2.12. The van der Waals surface area contributed by atoms with Crippen LogP contribution in [0.4, 0.5) is 0 Å². The van der Waals surface area contributed by atoms with Crippen LogP contribution < -0.4 is 4.74 Å². The molecule has 0 N–H and O–H groups in total. The van der Waals surface area contributed by atoms with Gasteiger partial charge in [0, 0.05) is 4.43 Å². The van der Waals surface area contributed by atoms with Crippen molar-refractivity contribution in [2.24, 2.45) is 0 Å². The molecule has 0 aromatic heterocycles. The maximum Gasteiger partial charge on any atom is 0.119 e. The maximum absolute atomic E-state index is 5.92. The summed E-state index contributed by atoms with van der Waals surface area (Å²) in [4.78, 5) is 0. The highest BCUT2D eigenvalue weighted by Gasteiger charge is 2.10. The minimum absolute atomic E-state index is 0.134. The number of hydrogen-bond donors (Lipinski definition) is 0. The van der Waals surface area contributed by atoms with E-state index in [9.17, 15) is 0 Å². The van der Waals surface area contributed by atoms with Gasteiger partial charge in [-0.1, -0.05) is 70.6 Å². The first-order valence-electron chi connectivity index (χ1n) is 6.71. The van der Waals surface area contributed by atoms with E-state index in [0.717, 1.165) is 10.2 Å². The Morgan fingerprint density at radius 2 is 1.80 bits per heavy atom. The average molecular weight is 382 g/mol. The third-order valence-corrected chi connectivity index (χ3v) is 3.77. The molecule has 3 heteroatoms. The van der Waals surface area contributed by atoms with E-state index in [1.165, 1.54) is 11.1 Å².